The molecule has 0 spiro atoms. The molecule has 0 atom stereocenters. The largest absolute Gasteiger partial charge is 0.361 e. The molecule has 0 aromatic heterocycles. The molecule has 0 bridgehead atoms. The van der Waals surface area contributed by atoms with Gasteiger partial charge in [0.1, 0.15) is 0 Å². The fraction of sp³-hybridized carbons (Fsp3) is 0.400. The van der Waals surface area contributed by atoms with Crippen molar-refractivity contribution in [3.63, 3.8) is 0 Å². The number of aryl methyl sites for hydroxylation is 2. The molecule has 0 N–H and O–H groups in total. The normalized spacial score (nSPS) is 10.2. The van der Waals surface area contributed by atoms with Gasteiger partial charge in [0.05, 0.1) is 0 Å². The van der Waals surface area contributed by atoms with Crippen molar-refractivity contribution in [3.8, 4) is 0 Å². The van der Waals surface area contributed by atoms with Crippen LogP contribution in [-0.4, -0.2) is 22.0 Å². The van der Waals surface area contributed by atoms with Crippen molar-refractivity contribution in [3.05, 3.63) is 76.3 Å². The van der Waals surface area contributed by atoms with E-state index < -0.39 is 0 Å². The number of nitrogens with zero attached hydrogens (tertiary/aromatic N) is 2. The highest BCUT2D eigenvalue weighted by molar-refractivity contribution is 6.63. The molecule has 5 heteroatoms. The van der Waals surface area contributed by atoms with Gasteiger partial charge in [-0.1, -0.05) is 76.2 Å². The van der Waals surface area contributed by atoms with Gasteiger partial charge in [0, 0.05) is 12.8 Å². The highest BCUT2D eigenvalue weighted by Crippen LogP contribution is 2.21. The van der Waals surface area contributed by atoms with E-state index in [4.69, 9.17) is 17.1 Å². The van der Waals surface area contributed by atoms with Gasteiger partial charge in [0.25, 0.3) is 0 Å². The Morgan fingerprint density at radius 3 is 1.70 bits per heavy atom. The van der Waals surface area contributed by atoms with Crippen molar-refractivity contribution in [2.75, 3.05) is 0 Å². The topological polar surface area (TPSA) is 70.5 Å². The Morgan fingerprint density at radius 1 is 0.867 bits per heavy atom. The van der Waals surface area contributed by atoms with Crippen molar-refractivity contribution in [2.45, 2.75) is 65.2 Å². The molecule has 0 unspecified atom stereocenters. The molecule has 160 valence electrons. The summed E-state index contributed by atoms with van der Waals surface area (Å²) in [7, 11) is 0. The third kappa shape index (κ3) is 9.30. The van der Waals surface area contributed by atoms with Crippen LogP contribution in [0.25, 0.3) is 5.53 Å². The minimum atomic E-state index is -0.261. The molecule has 0 saturated heterocycles. The average molecular weight is 427 g/mol. The standard InChI is InChI=1S/C13H16N2O.C12H15ClO/c1-10(2)13-6-4-3-5-11(13)7-8-12(16)9-15-14;1-9(2)11-6-4-3-5-10(11)7-8-12(13)14/h3-6,9-10H,7-8H2,1-2H3;3-6,9H,7-8H2,1-2H3. The van der Waals surface area contributed by atoms with Gasteiger partial charge in [-0.3, -0.25) is 9.59 Å². The van der Waals surface area contributed by atoms with Gasteiger partial charge in [0.2, 0.25) is 11.0 Å². The summed E-state index contributed by atoms with van der Waals surface area (Å²) in [6, 6.07) is 16.3. The second kappa shape index (κ2) is 13.6. The van der Waals surface area contributed by atoms with Crippen LogP contribution >= 0.6 is 11.6 Å². The fourth-order valence-electron chi connectivity index (χ4n) is 3.27. The van der Waals surface area contributed by atoms with Gasteiger partial charge in [0.15, 0.2) is 0 Å². The summed E-state index contributed by atoms with van der Waals surface area (Å²) in [5, 5.41) is -0.261. The Labute approximate surface area is 184 Å². The van der Waals surface area contributed by atoms with Gasteiger partial charge < -0.3 is 5.53 Å². The zero-order chi connectivity index (χ0) is 22.5. The van der Waals surface area contributed by atoms with E-state index in [2.05, 4.69) is 50.7 Å². The van der Waals surface area contributed by atoms with E-state index in [0.717, 1.165) is 12.6 Å². The SMILES string of the molecule is CC(C)c1ccccc1CCC(=O)C=[N+]=[N-].CC(C)c1ccccc1CCC(=O)Cl. The number of Topliss-reactive ketones (excluding diaryl/α,β-unsaturated/α-hetero) is 1. The molecule has 0 heterocycles. The zero-order valence-corrected chi connectivity index (χ0v) is 19.0. The second-order valence-electron chi connectivity index (χ2n) is 7.77. The van der Waals surface area contributed by atoms with Crippen molar-refractivity contribution in [1.29, 1.82) is 0 Å². The number of ketones is 1. The molecule has 4 nitrogen and oxygen atoms in total. The smallest absolute Gasteiger partial charge is 0.323 e. The maximum atomic E-state index is 11.2. The summed E-state index contributed by atoms with van der Waals surface area (Å²) in [4.78, 5) is 24.6. The van der Waals surface area contributed by atoms with Gasteiger partial charge in [-0.15, -0.1) is 0 Å². The van der Waals surface area contributed by atoms with Crippen LogP contribution in [0.1, 0.15) is 74.6 Å². The number of halogens is 1. The van der Waals surface area contributed by atoms with Crippen LogP contribution in [0, 0.1) is 0 Å². The summed E-state index contributed by atoms with van der Waals surface area (Å²) in [6.07, 6.45) is 3.20. The number of rotatable bonds is 9. The number of benzene rings is 2. The molecule has 0 aliphatic rings. The monoisotopic (exact) mass is 426 g/mol. The molecule has 0 saturated carbocycles. The van der Waals surface area contributed by atoms with E-state index in [9.17, 15) is 9.59 Å². The lowest BCUT2D eigenvalue weighted by atomic mass is 9.94. The van der Waals surface area contributed by atoms with Crippen molar-refractivity contribution in [1.82, 2.24) is 0 Å². The van der Waals surface area contributed by atoms with E-state index in [1.807, 2.05) is 30.3 Å². The quantitative estimate of drug-likeness (QED) is 0.209. The van der Waals surface area contributed by atoms with Gasteiger partial charge in [-0.25, -0.2) is 0 Å². The van der Waals surface area contributed by atoms with Gasteiger partial charge in [-0.2, -0.15) is 4.79 Å². The predicted octanol–water partition coefficient (Wildman–Crippen LogP) is 6.12. The summed E-state index contributed by atoms with van der Waals surface area (Å²) in [5.41, 5.74) is 13.2. The third-order valence-electron chi connectivity index (χ3n) is 4.79. The third-order valence-corrected chi connectivity index (χ3v) is 4.98. The number of carbonyl (C=O) groups is 2. The summed E-state index contributed by atoms with van der Waals surface area (Å²) >= 11 is 5.32. The molecule has 30 heavy (non-hydrogen) atoms. The lowest BCUT2D eigenvalue weighted by Gasteiger charge is -2.11. The Morgan fingerprint density at radius 2 is 1.30 bits per heavy atom. The molecular formula is C25H31ClN2O2. The maximum Gasteiger partial charge on any atom is 0.323 e. The minimum absolute atomic E-state index is 0.152. The van der Waals surface area contributed by atoms with Gasteiger partial charge in [-0.05, 0) is 58.5 Å². The second-order valence-corrected chi connectivity index (χ2v) is 8.19. The van der Waals surface area contributed by atoms with E-state index in [1.54, 1.807) is 0 Å². The predicted molar refractivity (Wildman–Crippen MR) is 123 cm³/mol. The summed E-state index contributed by atoms with van der Waals surface area (Å²) in [6.45, 7) is 8.58. The Bertz CT molecular complexity index is 884. The molecule has 0 radical (unpaired) electrons. The van der Waals surface area contributed by atoms with Crippen LogP contribution < -0.4 is 0 Å². The van der Waals surface area contributed by atoms with Crippen LogP contribution in [0.2, 0.25) is 0 Å². The summed E-state index contributed by atoms with van der Waals surface area (Å²) in [5.74, 6) is 0.801. The first kappa shape index (κ1) is 25.5. The fourth-order valence-corrected chi connectivity index (χ4v) is 3.36. The van der Waals surface area contributed by atoms with Gasteiger partial charge >= 0.3 is 6.21 Å². The maximum absolute atomic E-state index is 11.2. The Kier molecular flexibility index (Phi) is 11.6. The molecule has 2 rings (SSSR count). The number of hydrogen-bond acceptors (Lipinski definition) is 2. The number of hydrogen-bond donors (Lipinski definition) is 0. The first-order valence-electron chi connectivity index (χ1n) is 10.3. The number of carbonyl (C=O) groups excluding carboxylic acids is 2. The molecule has 0 fully saturated rings. The zero-order valence-electron chi connectivity index (χ0n) is 18.3. The Balaban J connectivity index is 0.000000303. The van der Waals surface area contributed by atoms with Crippen LogP contribution in [-0.2, 0) is 22.4 Å². The van der Waals surface area contributed by atoms with Crippen molar-refractivity contribution in [2.24, 2.45) is 0 Å². The lowest BCUT2D eigenvalue weighted by molar-refractivity contribution is -0.116. The summed E-state index contributed by atoms with van der Waals surface area (Å²) < 4.78 is 0. The van der Waals surface area contributed by atoms with Crippen molar-refractivity contribution >= 4 is 28.8 Å². The van der Waals surface area contributed by atoms with E-state index in [-0.39, 0.29) is 11.0 Å². The lowest BCUT2D eigenvalue weighted by Crippen LogP contribution is -2.04. The molecule has 0 amide bonds. The molecule has 0 aliphatic heterocycles. The Hall–Kier alpha value is -2.55. The molecular weight excluding hydrogens is 396 g/mol. The minimum Gasteiger partial charge on any atom is -0.361 e. The molecule has 2 aromatic rings. The molecule has 2 aromatic carbocycles. The van der Waals surface area contributed by atoms with Crippen LogP contribution in [0.4, 0.5) is 0 Å². The first-order chi connectivity index (χ1) is 14.3. The van der Waals surface area contributed by atoms with E-state index >= 15 is 0 Å². The van der Waals surface area contributed by atoms with E-state index in [1.165, 1.54) is 22.3 Å². The molecule has 0 aliphatic carbocycles. The highest BCUT2D eigenvalue weighted by Gasteiger charge is 2.09. The average Bonchev–Trinajstić information content (AvgIpc) is 2.71. The van der Waals surface area contributed by atoms with Crippen LogP contribution in [0.5, 0.6) is 0 Å². The first-order valence-corrected chi connectivity index (χ1v) is 10.7. The van der Waals surface area contributed by atoms with Crippen molar-refractivity contribution < 1.29 is 14.4 Å². The van der Waals surface area contributed by atoms with E-state index in [0.29, 0.717) is 31.1 Å². The highest BCUT2D eigenvalue weighted by atomic mass is 35.5. The van der Waals surface area contributed by atoms with Crippen LogP contribution in [0.15, 0.2) is 48.5 Å². The van der Waals surface area contributed by atoms with Crippen LogP contribution in [0.3, 0.4) is 0 Å².